The molecule has 0 aliphatic rings. The van der Waals surface area contributed by atoms with Crippen molar-refractivity contribution in [1.29, 1.82) is 5.26 Å². The molecule has 0 fully saturated rings. The Labute approximate surface area is 132 Å². The van der Waals surface area contributed by atoms with Crippen LogP contribution in [0, 0.1) is 11.3 Å². The van der Waals surface area contributed by atoms with Crippen LogP contribution in [0.5, 0.6) is 5.75 Å². The third-order valence-electron chi connectivity index (χ3n) is 2.51. The van der Waals surface area contributed by atoms with Crippen LogP contribution in [0.4, 0.5) is 0 Å². The number of halogens is 2. The zero-order chi connectivity index (χ0) is 15.5. The number of rotatable bonds is 4. The number of hydrogen-bond acceptors (Lipinski definition) is 4. The second-order valence-electron chi connectivity index (χ2n) is 4.17. The van der Waals surface area contributed by atoms with E-state index in [0.717, 1.165) is 0 Å². The molecule has 0 aliphatic carbocycles. The van der Waals surface area contributed by atoms with Gasteiger partial charge in [0, 0.05) is 6.07 Å². The van der Waals surface area contributed by atoms with Crippen molar-refractivity contribution in [2.75, 3.05) is 0 Å². The minimum atomic E-state index is -3.85. The lowest BCUT2D eigenvalue weighted by atomic mass is 10.2. The van der Waals surface area contributed by atoms with Crippen molar-refractivity contribution >= 4 is 33.3 Å². The molecule has 0 aromatic heterocycles. The summed E-state index contributed by atoms with van der Waals surface area (Å²) in [6.07, 6.45) is 0. The summed E-state index contributed by atoms with van der Waals surface area (Å²) in [6.45, 7) is 0. The van der Waals surface area contributed by atoms with Crippen molar-refractivity contribution in [2.45, 2.75) is 5.75 Å². The highest BCUT2D eigenvalue weighted by Crippen LogP contribution is 2.27. The molecular formula is C14H9Cl2NO3S. The highest BCUT2D eigenvalue weighted by Gasteiger charge is 2.15. The topological polar surface area (TPSA) is 67.2 Å². The molecule has 0 amide bonds. The van der Waals surface area contributed by atoms with E-state index in [0.29, 0.717) is 16.1 Å². The van der Waals surface area contributed by atoms with E-state index in [1.54, 1.807) is 18.2 Å². The quantitative estimate of drug-likeness (QED) is 0.793. The summed E-state index contributed by atoms with van der Waals surface area (Å²) in [7, 11) is -3.85. The van der Waals surface area contributed by atoms with Crippen molar-refractivity contribution in [3.8, 4) is 11.8 Å². The molecule has 2 rings (SSSR count). The Balaban J connectivity index is 2.18. The summed E-state index contributed by atoms with van der Waals surface area (Å²) >= 11 is 11.5. The summed E-state index contributed by atoms with van der Waals surface area (Å²) in [5, 5.41) is 9.31. The van der Waals surface area contributed by atoms with E-state index in [2.05, 4.69) is 0 Å². The monoisotopic (exact) mass is 341 g/mol. The molecule has 0 aliphatic heterocycles. The highest BCUT2D eigenvalue weighted by atomic mass is 35.5. The Morgan fingerprint density at radius 1 is 1.10 bits per heavy atom. The lowest BCUT2D eigenvalue weighted by Crippen LogP contribution is -2.12. The Hall–Kier alpha value is -1.74. The first-order valence-electron chi connectivity index (χ1n) is 5.76. The van der Waals surface area contributed by atoms with Crippen LogP contribution in [0.25, 0.3) is 0 Å². The van der Waals surface area contributed by atoms with Crippen LogP contribution in [0.3, 0.4) is 0 Å². The standard InChI is InChI=1S/C14H9Cl2NO3S/c15-13-5-4-12(7-14(13)16)20-21(18,19)9-11-3-1-2-10(6-11)8-17/h1-7H,9H2. The predicted molar refractivity (Wildman–Crippen MR) is 80.9 cm³/mol. The van der Waals surface area contributed by atoms with Gasteiger partial charge in [0.05, 0.1) is 21.7 Å². The Morgan fingerprint density at radius 3 is 2.52 bits per heavy atom. The van der Waals surface area contributed by atoms with Crippen molar-refractivity contribution in [3.05, 3.63) is 63.6 Å². The van der Waals surface area contributed by atoms with Crippen LogP contribution in [0.15, 0.2) is 42.5 Å². The van der Waals surface area contributed by atoms with Gasteiger partial charge in [-0.2, -0.15) is 13.7 Å². The molecule has 21 heavy (non-hydrogen) atoms. The van der Waals surface area contributed by atoms with Crippen molar-refractivity contribution in [2.24, 2.45) is 0 Å². The van der Waals surface area contributed by atoms with E-state index in [4.69, 9.17) is 32.6 Å². The number of nitrogens with zero attached hydrogens (tertiary/aromatic N) is 1. The molecule has 0 heterocycles. The van der Waals surface area contributed by atoms with Gasteiger partial charge in [-0.3, -0.25) is 0 Å². The molecule has 0 bridgehead atoms. The van der Waals surface area contributed by atoms with Gasteiger partial charge in [-0.1, -0.05) is 35.3 Å². The van der Waals surface area contributed by atoms with Gasteiger partial charge in [0.2, 0.25) is 0 Å². The van der Waals surface area contributed by atoms with Crippen LogP contribution >= 0.6 is 23.2 Å². The molecule has 4 nitrogen and oxygen atoms in total. The van der Waals surface area contributed by atoms with Gasteiger partial charge in [0.1, 0.15) is 11.5 Å². The molecule has 0 N–H and O–H groups in total. The SMILES string of the molecule is N#Cc1cccc(CS(=O)(=O)Oc2ccc(Cl)c(Cl)c2)c1. The molecule has 2 aromatic carbocycles. The van der Waals surface area contributed by atoms with Gasteiger partial charge in [0.25, 0.3) is 0 Å². The summed E-state index contributed by atoms with van der Waals surface area (Å²) < 4.78 is 28.9. The minimum absolute atomic E-state index is 0.0841. The van der Waals surface area contributed by atoms with E-state index in [1.807, 2.05) is 6.07 Å². The fraction of sp³-hybridized carbons (Fsp3) is 0.0714. The van der Waals surface area contributed by atoms with Gasteiger partial charge in [0.15, 0.2) is 0 Å². The normalized spacial score (nSPS) is 10.9. The Bertz CT molecular complexity index is 813. The summed E-state index contributed by atoms with van der Waals surface area (Å²) in [5.74, 6) is -0.260. The average molecular weight is 342 g/mol. The molecule has 108 valence electrons. The van der Waals surface area contributed by atoms with Crippen LogP contribution in [0.2, 0.25) is 10.0 Å². The van der Waals surface area contributed by atoms with Crippen molar-refractivity contribution in [1.82, 2.24) is 0 Å². The zero-order valence-electron chi connectivity index (χ0n) is 10.6. The van der Waals surface area contributed by atoms with Gasteiger partial charge in [-0.25, -0.2) is 0 Å². The molecular weight excluding hydrogens is 333 g/mol. The fourth-order valence-electron chi connectivity index (χ4n) is 1.64. The lowest BCUT2D eigenvalue weighted by molar-refractivity contribution is 0.485. The third kappa shape index (κ3) is 4.36. The van der Waals surface area contributed by atoms with Gasteiger partial charge in [-0.15, -0.1) is 0 Å². The highest BCUT2D eigenvalue weighted by molar-refractivity contribution is 7.86. The summed E-state index contributed by atoms with van der Waals surface area (Å²) in [4.78, 5) is 0. The fourth-order valence-corrected chi connectivity index (χ4v) is 2.97. The summed E-state index contributed by atoms with van der Waals surface area (Å²) in [6, 6.07) is 12.4. The van der Waals surface area contributed by atoms with Crippen LogP contribution in [-0.2, 0) is 15.9 Å². The van der Waals surface area contributed by atoms with Crippen molar-refractivity contribution in [3.63, 3.8) is 0 Å². The van der Waals surface area contributed by atoms with Gasteiger partial charge in [-0.05, 0) is 29.8 Å². The van der Waals surface area contributed by atoms with Gasteiger partial charge < -0.3 is 4.18 Å². The first-order chi connectivity index (χ1) is 9.89. The molecule has 0 saturated heterocycles. The van der Waals surface area contributed by atoms with E-state index in [1.165, 1.54) is 24.3 Å². The number of benzene rings is 2. The number of nitriles is 1. The second kappa shape index (κ2) is 6.35. The Kier molecular flexibility index (Phi) is 4.73. The smallest absolute Gasteiger partial charge is 0.313 e. The maximum atomic E-state index is 12.0. The zero-order valence-corrected chi connectivity index (χ0v) is 12.9. The molecule has 0 saturated carbocycles. The molecule has 0 radical (unpaired) electrons. The second-order valence-corrected chi connectivity index (χ2v) is 6.56. The maximum absolute atomic E-state index is 12.0. The maximum Gasteiger partial charge on any atom is 0.313 e. The minimum Gasteiger partial charge on any atom is -0.382 e. The first-order valence-corrected chi connectivity index (χ1v) is 8.09. The van der Waals surface area contributed by atoms with E-state index >= 15 is 0 Å². The molecule has 0 spiro atoms. The van der Waals surface area contributed by atoms with Gasteiger partial charge >= 0.3 is 10.1 Å². The van der Waals surface area contributed by atoms with Crippen molar-refractivity contribution < 1.29 is 12.6 Å². The lowest BCUT2D eigenvalue weighted by Gasteiger charge is -2.08. The molecule has 0 unspecified atom stereocenters. The average Bonchev–Trinajstić information content (AvgIpc) is 2.42. The van der Waals surface area contributed by atoms with E-state index in [9.17, 15) is 8.42 Å². The van der Waals surface area contributed by atoms with Crippen LogP contribution in [0.1, 0.15) is 11.1 Å². The first kappa shape index (κ1) is 15.6. The van der Waals surface area contributed by atoms with E-state index < -0.39 is 10.1 Å². The molecule has 0 atom stereocenters. The van der Waals surface area contributed by atoms with Crippen LogP contribution in [-0.4, -0.2) is 8.42 Å². The summed E-state index contributed by atoms with van der Waals surface area (Å²) in [5.41, 5.74) is 0.853. The third-order valence-corrected chi connectivity index (χ3v) is 4.39. The van der Waals surface area contributed by atoms with E-state index in [-0.39, 0.29) is 16.5 Å². The van der Waals surface area contributed by atoms with Crippen LogP contribution < -0.4 is 4.18 Å². The predicted octanol–water partition coefficient (Wildman–Crippen LogP) is 3.77. The largest absolute Gasteiger partial charge is 0.382 e. The number of hydrogen-bond donors (Lipinski definition) is 0. The molecule has 7 heteroatoms. The Morgan fingerprint density at radius 2 is 1.86 bits per heavy atom. The molecule has 2 aromatic rings.